The lowest BCUT2D eigenvalue weighted by atomic mass is 9.97. The topological polar surface area (TPSA) is 38.8 Å². The summed E-state index contributed by atoms with van der Waals surface area (Å²) >= 11 is 0. The molecule has 0 N–H and O–H groups in total. The molecule has 2 unspecified atom stereocenters. The second kappa shape index (κ2) is 8.42. The molecule has 27 heavy (non-hydrogen) atoms. The van der Waals surface area contributed by atoms with Crippen LogP contribution in [0.1, 0.15) is 36.9 Å². The van der Waals surface area contributed by atoms with Crippen LogP contribution in [0.25, 0.3) is 0 Å². The highest BCUT2D eigenvalue weighted by molar-refractivity contribution is 5.79. The summed E-state index contributed by atoms with van der Waals surface area (Å²) in [6, 6.07) is 12.1. The van der Waals surface area contributed by atoms with E-state index in [1.165, 1.54) is 12.1 Å². The summed E-state index contributed by atoms with van der Waals surface area (Å²) in [6.07, 6.45) is 2.36. The van der Waals surface area contributed by atoms with Gasteiger partial charge in [0, 0.05) is 18.0 Å². The number of rotatable bonds is 6. The van der Waals surface area contributed by atoms with E-state index in [2.05, 4.69) is 0 Å². The minimum atomic E-state index is -0.271. The van der Waals surface area contributed by atoms with Crippen molar-refractivity contribution in [3.8, 4) is 11.5 Å². The Kier molecular flexibility index (Phi) is 5.99. The molecule has 1 saturated heterocycles. The van der Waals surface area contributed by atoms with E-state index in [1.54, 1.807) is 20.3 Å². The Bertz CT molecular complexity index is 808. The molecule has 0 bridgehead atoms. The molecular weight excluding hydrogens is 345 g/mol. The second-order valence-electron chi connectivity index (χ2n) is 7.03. The highest BCUT2D eigenvalue weighted by Crippen LogP contribution is 2.39. The van der Waals surface area contributed by atoms with Gasteiger partial charge in [0.2, 0.25) is 5.91 Å². The van der Waals surface area contributed by atoms with E-state index >= 15 is 0 Å². The zero-order chi connectivity index (χ0) is 19.4. The van der Waals surface area contributed by atoms with Crippen molar-refractivity contribution in [1.82, 2.24) is 4.90 Å². The monoisotopic (exact) mass is 371 g/mol. The van der Waals surface area contributed by atoms with Gasteiger partial charge in [0.15, 0.2) is 0 Å². The molecule has 1 heterocycles. The van der Waals surface area contributed by atoms with Gasteiger partial charge in [0.25, 0.3) is 0 Å². The van der Waals surface area contributed by atoms with Crippen LogP contribution in [0.4, 0.5) is 4.39 Å². The minimum Gasteiger partial charge on any atom is -0.497 e. The fourth-order valence-corrected chi connectivity index (χ4v) is 3.84. The summed E-state index contributed by atoms with van der Waals surface area (Å²) in [6.45, 7) is 2.63. The third kappa shape index (κ3) is 4.24. The van der Waals surface area contributed by atoms with Gasteiger partial charge in [0.05, 0.1) is 20.3 Å². The first-order valence-electron chi connectivity index (χ1n) is 9.30. The van der Waals surface area contributed by atoms with E-state index < -0.39 is 0 Å². The molecule has 144 valence electrons. The Hall–Kier alpha value is -2.56. The van der Waals surface area contributed by atoms with Gasteiger partial charge in [0.1, 0.15) is 17.3 Å². The number of nitrogens with zero attached hydrogens (tertiary/aromatic N) is 1. The Labute approximate surface area is 159 Å². The molecule has 0 radical (unpaired) electrons. The van der Waals surface area contributed by atoms with Gasteiger partial charge in [-0.05, 0) is 55.2 Å². The lowest BCUT2D eigenvalue weighted by Crippen LogP contribution is -2.35. The van der Waals surface area contributed by atoms with Crippen LogP contribution in [0.15, 0.2) is 42.5 Å². The highest BCUT2D eigenvalue weighted by atomic mass is 19.1. The van der Waals surface area contributed by atoms with E-state index in [-0.39, 0.29) is 23.7 Å². The van der Waals surface area contributed by atoms with E-state index in [9.17, 15) is 9.18 Å². The van der Waals surface area contributed by atoms with Crippen LogP contribution in [0, 0.1) is 11.7 Å². The number of methoxy groups -OCH3 is 2. The number of hydrogen-bond acceptors (Lipinski definition) is 3. The molecule has 2 atom stereocenters. The Balaban J connectivity index is 1.80. The fourth-order valence-electron chi connectivity index (χ4n) is 3.84. The predicted molar refractivity (Wildman–Crippen MR) is 103 cm³/mol. The summed E-state index contributed by atoms with van der Waals surface area (Å²) in [4.78, 5) is 15.1. The Morgan fingerprint density at radius 3 is 2.74 bits per heavy atom. The normalized spacial score (nSPS) is 17.6. The van der Waals surface area contributed by atoms with Crippen molar-refractivity contribution in [3.05, 3.63) is 59.4 Å². The van der Waals surface area contributed by atoms with E-state index in [0.717, 1.165) is 42.0 Å². The summed E-state index contributed by atoms with van der Waals surface area (Å²) in [7, 11) is 3.27. The van der Waals surface area contributed by atoms with Gasteiger partial charge in [-0.1, -0.05) is 19.1 Å². The Morgan fingerprint density at radius 1 is 1.22 bits per heavy atom. The van der Waals surface area contributed by atoms with Crippen LogP contribution in [0.5, 0.6) is 11.5 Å². The summed E-state index contributed by atoms with van der Waals surface area (Å²) in [5, 5.41) is 0. The number of hydrogen-bond donors (Lipinski definition) is 0. The average molecular weight is 371 g/mol. The standard InChI is InChI=1S/C22H26FNO3/c1-15(12-16-6-4-7-17(23)13-16)22(25)24-11-5-8-20(24)19-14-18(26-2)9-10-21(19)27-3/h4,6-7,9-10,13-15,20H,5,8,11-12H2,1-3H3. The molecular formula is C22H26FNO3. The molecule has 0 aromatic heterocycles. The zero-order valence-electron chi connectivity index (χ0n) is 16.1. The molecule has 2 aromatic rings. The number of amides is 1. The quantitative estimate of drug-likeness (QED) is 0.756. The lowest BCUT2D eigenvalue weighted by Gasteiger charge is -2.29. The van der Waals surface area contributed by atoms with E-state index in [1.807, 2.05) is 36.1 Å². The van der Waals surface area contributed by atoms with Crippen LogP contribution in [0.2, 0.25) is 0 Å². The van der Waals surface area contributed by atoms with Gasteiger partial charge >= 0.3 is 0 Å². The molecule has 5 heteroatoms. The van der Waals surface area contributed by atoms with Crippen molar-refractivity contribution < 1.29 is 18.7 Å². The first-order chi connectivity index (χ1) is 13.0. The molecule has 1 amide bonds. The van der Waals surface area contributed by atoms with Gasteiger partial charge in [-0.3, -0.25) is 4.79 Å². The maximum atomic E-state index is 13.4. The lowest BCUT2D eigenvalue weighted by molar-refractivity contribution is -0.136. The fraction of sp³-hybridized carbons (Fsp3) is 0.409. The van der Waals surface area contributed by atoms with E-state index in [4.69, 9.17) is 9.47 Å². The molecule has 0 spiro atoms. The van der Waals surface area contributed by atoms with Gasteiger partial charge in [-0.25, -0.2) is 4.39 Å². The molecule has 0 saturated carbocycles. The smallest absolute Gasteiger partial charge is 0.226 e. The van der Waals surface area contributed by atoms with Gasteiger partial charge in [-0.2, -0.15) is 0 Å². The van der Waals surface area contributed by atoms with Crippen molar-refractivity contribution >= 4 is 5.91 Å². The number of carbonyl (C=O) groups excluding carboxylic acids is 1. The molecule has 4 nitrogen and oxygen atoms in total. The second-order valence-corrected chi connectivity index (χ2v) is 7.03. The maximum absolute atomic E-state index is 13.4. The van der Waals surface area contributed by atoms with Gasteiger partial charge < -0.3 is 14.4 Å². The summed E-state index contributed by atoms with van der Waals surface area (Å²) < 4.78 is 24.3. The molecule has 1 aliphatic rings. The van der Waals surface area contributed by atoms with Gasteiger partial charge in [-0.15, -0.1) is 0 Å². The first-order valence-corrected chi connectivity index (χ1v) is 9.30. The predicted octanol–water partition coefficient (Wildman–Crippen LogP) is 4.39. The van der Waals surface area contributed by atoms with Crippen LogP contribution in [-0.2, 0) is 11.2 Å². The molecule has 1 fully saturated rings. The van der Waals surface area contributed by atoms with Crippen molar-refractivity contribution in [1.29, 1.82) is 0 Å². The Morgan fingerprint density at radius 2 is 2.04 bits per heavy atom. The minimum absolute atomic E-state index is 0.0301. The van der Waals surface area contributed by atoms with Crippen molar-refractivity contribution in [3.63, 3.8) is 0 Å². The average Bonchev–Trinajstić information content (AvgIpc) is 3.16. The third-order valence-electron chi connectivity index (χ3n) is 5.18. The number of benzene rings is 2. The van der Waals surface area contributed by atoms with Crippen molar-refractivity contribution in [2.75, 3.05) is 20.8 Å². The van der Waals surface area contributed by atoms with Crippen LogP contribution in [0.3, 0.4) is 0 Å². The summed E-state index contributed by atoms with van der Waals surface area (Å²) in [5.74, 6) is 1.11. The maximum Gasteiger partial charge on any atom is 0.226 e. The van der Waals surface area contributed by atoms with E-state index in [0.29, 0.717) is 6.42 Å². The SMILES string of the molecule is COc1ccc(OC)c(C2CCCN2C(=O)C(C)Cc2cccc(F)c2)c1. The zero-order valence-corrected chi connectivity index (χ0v) is 16.1. The van der Waals surface area contributed by atoms with Crippen molar-refractivity contribution in [2.45, 2.75) is 32.2 Å². The number of carbonyl (C=O) groups is 1. The molecule has 2 aromatic carbocycles. The number of halogens is 1. The first kappa shape index (κ1) is 19.2. The summed E-state index contributed by atoms with van der Waals surface area (Å²) in [5.41, 5.74) is 1.81. The number of ether oxygens (including phenoxy) is 2. The van der Waals surface area contributed by atoms with Crippen LogP contribution >= 0.6 is 0 Å². The van der Waals surface area contributed by atoms with Crippen molar-refractivity contribution in [2.24, 2.45) is 5.92 Å². The van der Waals surface area contributed by atoms with Crippen LogP contribution in [-0.4, -0.2) is 31.6 Å². The highest BCUT2D eigenvalue weighted by Gasteiger charge is 2.34. The number of likely N-dealkylation sites (tertiary alicyclic amines) is 1. The third-order valence-corrected chi connectivity index (χ3v) is 5.18. The molecule has 3 rings (SSSR count). The van der Waals surface area contributed by atoms with Crippen LogP contribution < -0.4 is 9.47 Å². The molecule has 0 aliphatic carbocycles. The largest absolute Gasteiger partial charge is 0.497 e. The molecule has 1 aliphatic heterocycles.